The van der Waals surface area contributed by atoms with Gasteiger partial charge in [0.05, 0.1) is 19.3 Å². The van der Waals surface area contributed by atoms with Crippen molar-refractivity contribution in [2.45, 2.75) is 6.04 Å². The van der Waals surface area contributed by atoms with E-state index in [1.165, 1.54) is 6.33 Å². The number of nitrogens with one attached hydrogen (secondary N) is 1. The molecule has 2 N–H and O–H groups in total. The third-order valence-corrected chi connectivity index (χ3v) is 3.59. The number of amides is 1. The van der Waals surface area contributed by atoms with Crippen molar-refractivity contribution in [2.75, 3.05) is 39.5 Å². The summed E-state index contributed by atoms with van der Waals surface area (Å²) >= 11 is 11.8. The van der Waals surface area contributed by atoms with Crippen LogP contribution in [-0.4, -0.2) is 71.6 Å². The zero-order valence-corrected chi connectivity index (χ0v) is 13.2. The quantitative estimate of drug-likeness (QED) is 0.742. The van der Waals surface area contributed by atoms with Gasteiger partial charge in [0.15, 0.2) is 16.1 Å². The Bertz CT molecular complexity index is 494. The predicted molar refractivity (Wildman–Crippen MR) is 79.8 cm³/mol. The van der Waals surface area contributed by atoms with Crippen LogP contribution >= 0.6 is 23.2 Å². The minimum atomic E-state index is -1.12. The molecule has 0 aliphatic carbocycles. The van der Waals surface area contributed by atoms with Crippen molar-refractivity contribution in [1.29, 1.82) is 0 Å². The third kappa shape index (κ3) is 5.13. The van der Waals surface area contributed by atoms with Crippen LogP contribution in [0.15, 0.2) is 6.33 Å². The van der Waals surface area contributed by atoms with E-state index in [0.717, 1.165) is 13.1 Å². The van der Waals surface area contributed by atoms with Gasteiger partial charge in [-0.2, -0.15) is 0 Å². The molecule has 0 bridgehead atoms. The average molecular weight is 351 g/mol. The van der Waals surface area contributed by atoms with E-state index in [-0.39, 0.29) is 22.7 Å². The summed E-state index contributed by atoms with van der Waals surface area (Å²) in [5, 5.41) is 11.5. The maximum Gasteiger partial charge on any atom is 0.405 e. The molecule has 0 radical (unpaired) electrons. The Morgan fingerprint density at radius 1 is 1.41 bits per heavy atom. The fourth-order valence-corrected chi connectivity index (χ4v) is 2.47. The summed E-state index contributed by atoms with van der Waals surface area (Å²) in [7, 11) is 0. The summed E-state index contributed by atoms with van der Waals surface area (Å²) in [5.41, 5.74) is 0. The van der Waals surface area contributed by atoms with Crippen LogP contribution in [0.25, 0.3) is 0 Å². The first kappa shape index (κ1) is 17.0. The second-order valence-corrected chi connectivity index (χ2v) is 5.37. The van der Waals surface area contributed by atoms with Crippen molar-refractivity contribution in [3.8, 4) is 5.75 Å². The number of nitrogens with zero attached hydrogens (tertiary/aromatic N) is 3. The zero-order valence-electron chi connectivity index (χ0n) is 11.7. The smallest absolute Gasteiger partial charge is 0.405 e. The largest absolute Gasteiger partial charge is 0.485 e. The van der Waals surface area contributed by atoms with E-state index in [9.17, 15) is 4.79 Å². The molecule has 1 aromatic heterocycles. The first-order valence-corrected chi connectivity index (χ1v) is 7.40. The topological polar surface area (TPSA) is 96.8 Å². The second kappa shape index (κ2) is 8.33. The lowest BCUT2D eigenvalue weighted by Gasteiger charge is -2.30. The van der Waals surface area contributed by atoms with Crippen molar-refractivity contribution in [3.05, 3.63) is 16.6 Å². The Hall–Kier alpha value is -1.35. The Labute approximate surface area is 137 Å². The fraction of sp³-hybridized carbons (Fsp3) is 0.583. The first-order chi connectivity index (χ1) is 10.6. The molecule has 1 aliphatic rings. The van der Waals surface area contributed by atoms with Crippen LogP contribution in [0.5, 0.6) is 5.75 Å². The number of hydrogen-bond acceptors (Lipinski definition) is 6. The summed E-state index contributed by atoms with van der Waals surface area (Å²) in [6, 6.07) is -0.442. The molecular weight excluding hydrogens is 335 g/mol. The molecular formula is C12H16Cl2N4O4. The van der Waals surface area contributed by atoms with Gasteiger partial charge in [-0.15, -0.1) is 0 Å². The molecule has 1 aliphatic heterocycles. The van der Waals surface area contributed by atoms with Crippen LogP contribution in [0, 0.1) is 0 Å². The minimum Gasteiger partial charge on any atom is -0.485 e. The predicted octanol–water partition coefficient (Wildman–Crippen LogP) is 1.13. The number of hydrogen-bond donors (Lipinski definition) is 2. The number of ether oxygens (including phenoxy) is 2. The molecule has 22 heavy (non-hydrogen) atoms. The van der Waals surface area contributed by atoms with E-state index in [0.29, 0.717) is 19.8 Å². The van der Waals surface area contributed by atoms with Gasteiger partial charge >= 0.3 is 6.09 Å². The highest BCUT2D eigenvalue weighted by atomic mass is 35.5. The highest BCUT2D eigenvalue weighted by Crippen LogP contribution is 2.28. The molecule has 10 heteroatoms. The number of morpholine rings is 1. The van der Waals surface area contributed by atoms with Gasteiger partial charge < -0.3 is 19.9 Å². The van der Waals surface area contributed by atoms with Crippen molar-refractivity contribution >= 4 is 29.3 Å². The van der Waals surface area contributed by atoms with Gasteiger partial charge in [-0.05, 0) is 0 Å². The molecule has 1 atom stereocenters. The molecule has 0 spiro atoms. The molecule has 0 aromatic carbocycles. The van der Waals surface area contributed by atoms with E-state index in [1.54, 1.807) is 0 Å². The van der Waals surface area contributed by atoms with Crippen molar-refractivity contribution in [3.63, 3.8) is 0 Å². The Kier molecular flexibility index (Phi) is 6.44. The standard InChI is InChI=1S/C12H16Cl2N4O4/c13-10-9(11(14)16-7-15-10)22-6-8(17-12(19)20)5-18-1-3-21-4-2-18/h7-8,17H,1-6H2,(H,19,20). The normalized spacial score (nSPS) is 17.0. The second-order valence-electron chi connectivity index (χ2n) is 4.65. The Balaban J connectivity index is 1.95. The Morgan fingerprint density at radius 3 is 2.64 bits per heavy atom. The SMILES string of the molecule is O=C(O)NC(COc1c(Cl)ncnc1Cl)CN1CCOCC1. The van der Waals surface area contributed by atoms with Gasteiger partial charge in [0.2, 0.25) is 0 Å². The monoisotopic (exact) mass is 350 g/mol. The maximum atomic E-state index is 10.9. The molecule has 1 fully saturated rings. The number of carboxylic acid groups (broad SMARTS) is 1. The van der Waals surface area contributed by atoms with E-state index < -0.39 is 12.1 Å². The van der Waals surface area contributed by atoms with Gasteiger partial charge in [-0.25, -0.2) is 14.8 Å². The van der Waals surface area contributed by atoms with E-state index in [1.807, 2.05) is 0 Å². The van der Waals surface area contributed by atoms with Crippen molar-refractivity contribution < 1.29 is 19.4 Å². The van der Waals surface area contributed by atoms with Gasteiger partial charge in [-0.3, -0.25) is 4.90 Å². The number of carbonyl (C=O) groups is 1. The summed E-state index contributed by atoms with van der Waals surface area (Å²) < 4.78 is 10.8. The highest BCUT2D eigenvalue weighted by molar-refractivity contribution is 6.35. The van der Waals surface area contributed by atoms with Crippen LogP contribution in [-0.2, 0) is 4.74 Å². The summed E-state index contributed by atoms with van der Waals surface area (Å²) in [6.07, 6.45) is 0.0986. The first-order valence-electron chi connectivity index (χ1n) is 6.64. The molecule has 0 saturated carbocycles. The van der Waals surface area contributed by atoms with Crippen molar-refractivity contribution in [1.82, 2.24) is 20.2 Å². The van der Waals surface area contributed by atoms with Gasteiger partial charge in [-0.1, -0.05) is 23.2 Å². The van der Waals surface area contributed by atoms with Crippen LogP contribution in [0.1, 0.15) is 0 Å². The lowest BCUT2D eigenvalue weighted by Crippen LogP contribution is -2.49. The number of halogens is 2. The summed E-state index contributed by atoms with van der Waals surface area (Å²) in [6.45, 7) is 3.31. The summed E-state index contributed by atoms with van der Waals surface area (Å²) in [5.74, 6) is 0.144. The molecule has 1 saturated heterocycles. The van der Waals surface area contributed by atoms with Gasteiger partial charge in [0.25, 0.3) is 0 Å². The van der Waals surface area contributed by atoms with Crippen LogP contribution < -0.4 is 10.1 Å². The molecule has 1 aromatic rings. The van der Waals surface area contributed by atoms with E-state index in [2.05, 4.69) is 20.2 Å². The van der Waals surface area contributed by atoms with Crippen LogP contribution in [0.2, 0.25) is 10.3 Å². The Morgan fingerprint density at radius 2 is 2.05 bits per heavy atom. The lowest BCUT2D eigenvalue weighted by atomic mass is 10.2. The molecule has 1 amide bonds. The number of rotatable bonds is 6. The molecule has 2 heterocycles. The zero-order chi connectivity index (χ0) is 15.9. The minimum absolute atomic E-state index is 0.0659. The third-order valence-electron chi connectivity index (χ3n) is 3.06. The van der Waals surface area contributed by atoms with E-state index >= 15 is 0 Å². The van der Waals surface area contributed by atoms with Crippen LogP contribution in [0.3, 0.4) is 0 Å². The van der Waals surface area contributed by atoms with E-state index in [4.69, 9.17) is 37.8 Å². The average Bonchev–Trinajstić information content (AvgIpc) is 2.47. The summed E-state index contributed by atoms with van der Waals surface area (Å²) in [4.78, 5) is 20.6. The maximum absolute atomic E-state index is 10.9. The molecule has 1 unspecified atom stereocenters. The molecule has 2 rings (SSSR count). The lowest BCUT2D eigenvalue weighted by molar-refractivity contribution is 0.0308. The highest BCUT2D eigenvalue weighted by Gasteiger charge is 2.20. The van der Waals surface area contributed by atoms with Crippen molar-refractivity contribution in [2.24, 2.45) is 0 Å². The molecule has 122 valence electrons. The number of aromatic nitrogens is 2. The molecule has 8 nitrogen and oxygen atoms in total. The van der Waals surface area contributed by atoms with Gasteiger partial charge in [0.1, 0.15) is 12.9 Å². The van der Waals surface area contributed by atoms with Gasteiger partial charge in [0, 0.05) is 19.6 Å². The fourth-order valence-electron chi connectivity index (χ4n) is 2.05. The van der Waals surface area contributed by atoms with Crippen LogP contribution in [0.4, 0.5) is 4.79 Å².